The first-order valence-electron chi connectivity index (χ1n) is 10.4. The van der Waals surface area contributed by atoms with Gasteiger partial charge in [-0.1, -0.05) is 98.3 Å². The molecule has 0 fully saturated rings. The Labute approximate surface area is 161 Å². The molecule has 0 aliphatic carbocycles. The minimum atomic E-state index is 0. The summed E-state index contributed by atoms with van der Waals surface area (Å²) in [5, 5.41) is 0.534. The van der Waals surface area contributed by atoms with Crippen molar-refractivity contribution in [1.82, 2.24) is 0 Å². The maximum atomic E-state index is 3.36. The molecule has 0 bridgehead atoms. The van der Waals surface area contributed by atoms with Gasteiger partial charge in [0.2, 0.25) is 0 Å². The number of unbranched alkanes of at least 4 members (excludes halogenated alkanes) is 7. The summed E-state index contributed by atoms with van der Waals surface area (Å²) in [6.45, 7) is 9.35. The summed E-state index contributed by atoms with van der Waals surface area (Å²) in [6.07, 6.45) is 21.2. The lowest BCUT2D eigenvalue weighted by Crippen LogP contribution is -2.32. The second-order valence-corrected chi connectivity index (χ2v) is 8.63. The van der Waals surface area contributed by atoms with Crippen molar-refractivity contribution in [3.05, 3.63) is 0 Å². The monoisotopic (exact) mass is 408 g/mol. The quantitative estimate of drug-likeness (QED) is 0.177. The summed E-state index contributed by atoms with van der Waals surface area (Å²) in [5.74, 6) is 0.942. The molecule has 142 valence electrons. The van der Waals surface area contributed by atoms with Crippen LogP contribution in [-0.2, 0) is 0 Å². The van der Waals surface area contributed by atoms with Crippen LogP contribution < -0.4 is 0 Å². The molecule has 0 nitrogen and oxygen atoms in total. The highest BCUT2D eigenvalue weighted by Gasteiger charge is 2.32. The van der Waals surface area contributed by atoms with Crippen molar-refractivity contribution in [1.29, 1.82) is 0 Å². The van der Waals surface area contributed by atoms with E-state index >= 15 is 0 Å². The third-order valence-electron chi connectivity index (χ3n) is 5.37. The van der Waals surface area contributed by atoms with Crippen molar-refractivity contribution < 1.29 is 0 Å². The van der Waals surface area contributed by atoms with Gasteiger partial charge < -0.3 is 0 Å². The molecule has 0 saturated carbocycles. The van der Waals surface area contributed by atoms with Crippen LogP contribution in [0.1, 0.15) is 124 Å². The summed E-state index contributed by atoms with van der Waals surface area (Å²) in [7, 11) is 3.36. The van der Waals surface area contributed by atoms with Crippen LogP contribution in [0.5, 0.6) is 0 Å². The van der Waals surface area contributed by atoms with Gasteiger partial charge in [-0.3, -0.25) is 0 Å². The molecule has 0 rings (SSSR count). The normalized spacial score (nSPS) is 12.9. The van der Waals surface area contributed by atoms with E-state index in [1.165, 1.54) is 96.3 Å². The summed E-state index contributed by atoms with van der Waals surface area (Å²) in [6, 6.07) is 0. The predicted molar refractivity (Wildman–Crippen MR) is 118 cm³/mol. The predicted octanol–water partition coefficient (Wildman–Crippen LogP) is 8.73. The minimum Gasteiger partial charge on any atom is -0.131 e. The molecule has 0 heterocycles. The van der Waals surface area contributed by atoms with Crippen LogP contribution in [0.3, 0.4) is 0 Å². The molecule has 2 heteroatoms. The Kier molecular flexibility index (Phi) is 20.1. The van der Waals surface area contributed by atoms with E-state index in [9.17, 15) is 0 Å². The van der Waals surface area contributed by atoms with Gasteiger partial charge in [0, 0.05) is 0 Å². The van der Waals surface area contributed by atoms with E-state index in [1.54, 1.807) is 0 Å². The van der Waals surface area contributed by atoms with Crippen LogP contribution in [-0.4, -0.2) is 5.16 Å². The van der Waals surface area contributed by atoms with Gasteiger partial charge in [-0.05, 0) is 36.8 Å². The smallest absolute Gasteiger partial charge is 0.0122 e. The standard InChI is InChI=1S/C21H45P.BrH/c1-5-9-13-14-15-17-20(16-10-6-2)21(22,18-11-7-3)19-12-8-4;/h20H,5-19,22H2,1-4H3;1H. The van der Waals surface area contributed by atoms with Crippen LogP contribution >= 0.6 is 26.2 Å². The molecule has 0 aliphatic heterocycles. The van der Waals surface area contributed by atoms with Crippen molar-refractivity contribution in [3.63, 3.8) is 0 Å². The Bertz CT molecular complexity index is 222. The molecule has 0 aromatic heterocycles. The van der Waals surface area contributed by atoms with E-state index in [0.717, 1.165) is 5.92 Å². The Balaban J connectivity index is 0. The first-order chi connectivity index (χ1) is 10.6. The molecular weight excluding hydrogens is 363 g/mol. The highest BCUT2D eigenvalue weighted by molar-refractivity contribution is 8.93. The van der Waals surface area contributed by atoms with E-state index in [4.69, 9.17) is 0 Å². The maximum absolute atomic E-state index is 3.36. The summed E-state index contributed by atoms with van der Waals surface area (Å²) in [4.78, 5) is 0. The Morgan fingerprint density at radius 3 is 1.52 bits per heavy atom. The van der Waals surface area contributed by atoms with Crippen molar-refractivity contribution in [2.45, 2.75) is 129 Å². The lowest BCUT2D eigenvalue weighted by molar-refractivity contribution is 0.274. The lowest BCUT2D eigenvalue weighted by atomic mass is 9.77. The summed E-state index contributed by atoms with van der Waals surface area (Å²) < 4.78 is 0. The van der Waals surface area contributed by atoms with E-state index in [1.807, 2.05) is 0 Å². The van der Waals surface area contributed by atoms with Crippen LogP contribution in [0, 0.1) is 5.92 Å². The van der Waals surface area contributed by atoms with Crippen molar-refractivity contribution >= 4 is 26.2 Å². The average Bonchev–Trinajstić information content (AvgIpc) is 2.53. The zero-order valence-corrected chi connectivity index (χ0v) is 19.5. The Morgan fingerprint density at radius 2 is 1.04 bits per heavy atom. The molecule has 0 amide bonds. The topological polar surface area (TPSA) is 0 Å². The van der Waals surface area contributed by atoms with Gasteiger partial charge in [-0.25, -0.2) is 0 Å². The Morgan fingerprint density at radius 1 is 0.609 bits per heavy atom. The molecule has 0 aliphatic rings. The number of halogens is 1. The fraction of sp³-hybridized carbons (Fsp3) is 1.00. The zero-order chi connectivity index (χ0) is 16.7. The van der Waals surface area contributed by atoms with Gasteiger partial charge in [-0.2, -0.15) is 0 Å². The second-order valence-electron chi connectivity index (χ2n) is 7.48. The second kappa shape index (κ2) is 17.7. The van der Waals surface area contributed by atoms with E-state index < -0.39 is 0 Å². The van der Waals surface area contributed by atoms with Gasteiger partial charge in [-0.15, -0.1) is 26.2 Å². The van der Waals surface area contributed by atoms with Crippen LogP contribution in [0.25, 0.3) is 0 Å². The number of rotatable bonds is 16. The summed E-state index contributed by atoms with van der Waals surface area (Å²) in [5.41, 5.74) is 0. The van der Waals surface area contributed by atoms with Crippen LogP contribution in [0.15, 0.2) is 0 Å². The van der Waals surface area contributed by atoms with Crippen molar-refractivity contribution in [3.8, 4) is 0 Å². The molecule has 0 spiro atoms. The average molecular weight is 409 g/mol. The third kappa shape index (κ3) is 12.9. The summed E-state index contributed by atoms with van der Waals surface area (Å²) >= 11 is 0. The molecule has 0 radical (unpaired) electrons. The van der Waals surface area contributed by atoms with Gasteiger partial charge in [0.25, 0.3) is 0 Å². The number of hydrogen-bond donors (Lipinski definition) is 0. The highest BCUT2D eigenvalue weighted by atomic mass is 79.9. The van der Waals surface area contributed by atoms with Gasteiger partial charge in [0.1, 0.15) is 0 Å². The largest absolute Gasteiger partial charge is 0.131 e. The Hall–Kier alpha value is 0.910. The van der Waals surface area contributed by atoms with Crippen LogP contribution in [0.2, 0.25) is 0 Å². The fourth-order valence-corrected chi connectivity index (χ4v) is 4.45. The van der Waals surface area contributed by atoms with Gasteiger partial charge >= 0.3 is 0 Å². The van der Waals surface area contributed by atoms with E-state index in [0.29, 0.717) is 5.16 Å². The van der Waals surface area contributed by atoms with Gasteiger partial charge in [0.15, 0.2) is 0 Å². The maximum Gasteiger partial charge on any atom is -0.0122 e. The molecule has 2 unspecified atom stereocenters. The van der Waals surface area contributed by atoms with E-state index in [-0.39, 0.29) is 17.0 Å². The first kappa shape index (κ1) is 26.1. The fourth-order valence-electron chi connectivity index (χ4n) is 3.71. The molecule has 0 aromatic carbocycles. The third-order valence-corrected chi connectivity index (χ3v) is 6.42. The molecule has 0 N–H and O–H groups in total. The zero-order valence-electron chi connectivity index (χ0n) is 16.7. The SMILES string of the molecule is Br.CCCCCCCC(CCCC)C(P)(CCCC)CCCC. The first-order valence-corrected chi connectivity index (χ1v) is 11.0. The molecule has 2 atom stereocenters. The molecular formula is C21H46BrP. The van der Waals surface area contributed by atoms with E-state index in [2.05, 4.69) is 36.9 Å². The van der Waals surface area contributed by atoms with Crippen molar-refractivity contribution in [2.75, 3.05) is 0 Å². The highest BCUT2D eigenvalue weighted by Crippen LogP contribution is 2.43. The van der Waals surface area contributed by atoms with Crippen LogP contribution in [0.4, 0.5) is 0 Å². The number of hydrogen-bond acceptors (Lipinski definition) is 0. The molecule has 0 saturated heterocycles. The van der Waals surface area contributed by atoms with Gasteiger partial charge in [0.05, 0.1) is 0 Å². The molecule has 0 aromatic rings. The van der Waals surface area contributed by atoms with Crippen molar-refractivity contribution in [2.24, 2.45) is 5.92 Å². The lowest BCUT2D eigenvalue weighted by Gasteiger charge is -2.39. The molecule has 23 heavy (non-hydrogen) atoms. The minimum absolute atomic E-state index is 0.